The number of benzene rings is 1. The summed E-state index contributed by atoms with van der Waals surface area (Å²) in [5, 5.41) is 20.4. The first kappa shape index (κ1) is 15.3. The summed E-state index contributed by atoms with van der Waals surface area (Å²) in [6.45, 7) is 3.13. The third-order valence-electron chi connectivity index (χ3n) is 2.58. The number of nitrogens with zero attached hydrogens (tertiary/aromatic N) is 2. The van der Waals surface area contributed by atoms with Gasteiger partial charge in [-0.3, -0.25) is 10.1 Å². The van der Waals surface area contributed by atoms with Crippen LogP contribution in [0.15, 0.2) is 18.2 Å². The van der Waals surface area contributed by atoms with E-state index in [4.69, 9.17) is 4.74 Å². The zero-order valence-corrected chi connectivity index (χ0v) is 12.5. The Kier molecular flexibility index (Phi) is 4.19. The minimum Gasteiger partial charge on any atom is -0.494 e. The van der Waals surface area contributed by atoms with Crippen LogP contribution in [0.3, 0.4) is 0 Å². The van der Waals surface area contributed by atoms with Gasteiger partial charge in [0, 0.05) is 5.56 Å². The maximum absolute atomic E-state index is 13.5. The van der Waals surface area contributed by atoms with Crippen molar-refractivity contribution in [3.8, 4) is 5.75 Å². The predicted molar refractivity (Wildman–Crippen MR) is 76.1 cm³/mol. The molecule has 0 spiro atoms. The Bertz CT molecular complexity index is 667. The molecule has 6 nitrogen and oxygen atoms in total. The molecule has 0 unspecified atom stereocenters. The third-order valence-corrected chi connectivity index (χ3v) is 3.73. The summed E-state index contributed by atoms with van der Waals surface area (Å²) in [4.78, 5) is 12.0. The van der Waals surface area contributed by atoms with Crippen molar-refractivity contribution in [2.45, 2.75) is 19.4 Å². The van der Waals surface area contributed by atoms with E-state index in [0.29, 0.717) is 5.01 Å². The maximum atomic E-state index is 13.5. The normalized spacial score (nSPS) is 11.3. The molecule has 1 amide bonds. The number of nitrogens with one attached hydrogen (secondary N) is 1. The van der Waals surface area contributed by atoms with E-state index in [1.165, 1.54) is 19.2 Å². The highest BCUT2D eigenvalue weighted by molar-refractivity contribution is 7.15. The van der Waals surface area contributed by atoms with E-state index in [2.05, 4.69) is 15.5 Å². The Morgan fingerprint density at radius 3 is 2.67 bits per heavy atom. The molecule has 21 heavy (non-hydrogen) atoms. The summed E-state index contributed by atoms with van der Waals surface area (Å²) >= 11 is 1.05. The number of hydrogen-bond acceptors (Lipinski definition) is 6. The Morgan fingerprint density at radius 1 is 1.43 bits per heavy atom. The topological polar surface area (TPSA) is 84.3 Å². The number of halogens is 1. The highest BCUT2D eigenvalue weighted by atomic mass is 32.1. The van der Waals surface area contributed by atoms with Gasteiger partial charge in [0.15, 0.2) is 11.6 Å². The van der Waals surface area contributed by atoms with Gasteiger partial charge in [0.25, 0.3) is 5.91 Å². The van der Waals surface area contributed by atoms with Crippen LogP contribution in [-0.2, 0) is 5.60 Å². The molecule has 8 heteroatoms. The van der Waals surface area contributed by atoms with Gasteiger partial charge in [0.1, 0.15) is 10.6 Å². The number of amides is 1. The first-order valence-electron chi connectivity index (χ1n) is 6.02. The van der Waals surface area contributed by atoms with Crippen LogP contribution in [0.5, 0.6) is 5.75 Å². The van der Waals surface area contributed by atoms with E-state index < -0.39 is 17.3 Å². The van der Waals surface area contributed by atoms with E-state index in [9.17, 15) is 14.3 Å². The number of anilines is 1. The van der Waals surface area contributed by atoms with E-state index in [0.717, 1.165) is 17.4 Å². The van der Waals surface area contributed by atoms with Crippen LogP contribution < -0.4 is 10.1 Å². The number of ether oxygens (including phenoxy) is 1. The molecular formula is C13H14FN3O3S. The van der Waals surface area contributed by atoms with Crippen LogP contribution in [0, 0.1) is 5.82 Å². The van der Waals surface area contributed by atoms with Crippen molar-refractivity contribution < 1.29 is 19.0 Å². The second-order valence-corrected chi connectivity index (χ2v) is 5.75. The fourth-order valence-corrected chi connectivity index (χ4v) is 2.24. The van der Waals surface area contributed by atoms with Crippen LogP contribution >= 0.6 is 11.3 Å². The van der Waals surface area contributed by atoms with Crippen molar-refractivity contribution in [3.05, 3.63) is 34.6 Å². The lowest BCUT2D eigenvalue weighted by atomic mass is 10.2. The largest absolute Gasteiger partial charge is 0.494 e. The van der Waals surface area contributed by atoms with E-state index in [1.807, 2.05) is 0 Å². The molecule has 1 aromatic heterocycles. The predicted octanol–water partition coefficient (Wildman–Crippen LogP) is 2.17. The fraction of sp³-hybridized carbons (Fsp3) is 0.308. The van der Waals surface area contributed by atoms with Crippen molar-refractivity contribution >= 4 is 22.4 Å². The highest BCUT2D eigenvalue weighted by Gasteiger charge is 2.22. The van der Waals surface area contributed by atoms with Gasteiger partial charge in [-0.1, -0.05) is 11.3 Å². The van der Waals surface area contributed by atoms with E-state index >= 15 is 0 Å². The second kappa shape index (κ2) is 5.74. The number of hydrogen-bond donors (Lipinski definition) is 2. The number of aliphatic hydroxyl groups is 1. The molecule has 2 N–H and O–H groups in total. The summed E-state index contributed by atoms with van der Waals surface area (Å²) in [5.41, 5.74) is -0.999. The standard InChI is InChI=1S/C13H14FN3O3S/c1-13(2,19)11-16-17-12(21-11)15-10(18)7-4-5-9(20-3)8(14)6-7/h4-6,19H,1-3H3,(H,15,17,18). The Morgan fingerprint density at radius 2 is 2.14 bits per heavy atom. The molecule has 0 aliphatic heterocycles. The zero-order chi connectivity index (χ0) is 15.6. The summed E-state index contributed by atoms with van der Waals surface area (Å²) < 4.78 is 18.3. The molecule has 112 valence electrons. The lowest BCUT2D eigenvalue weighted by molar-refractivity contribution is 0.0775. The van der Waals surface area contributed by atoms with Crippen molar-refractivity contribution in [3.63, 3.8) is 0 Å². The second-order valence-electron chi connectivity index (χ2n) is 4.77. The van der Waals surface area contributed by atoms with Gasteiger partial charge in [-0.2, -0.15) is 0 Å². The Labute approximate surface area is 124 Å². The molecule has 0 atom stereocenters. The molecule has 0 saturated heterocycles. The highest BCUT2D eigenvalue weighted by Crippen LogP contribution is 2.26. The van der Waals surface area contributed by atoms with Crippen molar-refractivity contribution in [2.75, 3.05) is 12.4 Å². The number of methoxy groups -OCH3 is 1. The number of rotatable bonds is 4. The summed E-state index contributed by atoms with van der Waals surface area (Å²) in [6, 6.07) is 3.88. The van der Waals surface area contributed by atoms with Crippen LogP contribution in [-0.4, -0.2) is 28.3 Å². The number of carbonyl (C=O) groups is 1. The van der Waals surface area contributed by atoms with Crippen molar-refractivity contribution in [1.82, 2.24) is 10.2 Å². The van der Waals surface area contributed by atoms with Crippen LogP contribution in [0.2, 0.25) is 0 Å². The van der Waals surface area contributed by atoms with Gasteiger partial charge in [-0.25, -0.2) is 4.39 Å². The average molecular weight is 311 g/mol. The smallest absolute Gasteiger partial charge is 0.257 e. The molecule has 2 aromatic rings. The lowest BCUT2D eigenvalue weighted by Crippen LogP contribution is -2.14. The van der Waals surface area contributed by atoms with Crippen LogP contribution in [0.4, 0.5) is 9.52 Å². The van der Waals surface area contributed by atoms with Gasteiger partial charge < -0.3 is 9.84 Å². The third kappa shape index (κ3) is 3.53. The van der Waals surface area contributed by atoms with Crippen molar-refractivity contribution in [1.29, 1.82) is 0 Å². The molecule has 1 aromatic carbocycles. The molecule has 2 rings (SSSR count). The van der Waals surface area contributed by atoms with Gasteiger partial charge in [0.05, 0.1) is 7.11 Å². The van der Waals surface area contributed by atoms with E-state index in [-0.39, 0.29) is 16.4 Å². The molecular weight excluding hydrogens is 297 g/mol. The van der Waals surface area contributed by atoms with Gasteiger partial charge in [0.2, 0.25) is 5.13 Å². The average Bonchev–Trinajstić information content (AvgIpc) is 2.87. The molecule has 0 bridgehead atoms. The number of aromatic nitrogens is 2. The quantitative estimate of drug-likeness (QED) is 0.904. The van der Waals surface area contributed by atoms with Crippen molar-refractivity contribution in [2.24, 2.45) is 0 Å². The van der Waals surface area contributed by atoms with Crippen LogP contribution in [0.1, 0.15) is 29.2 Å². The summed E-state index contributed by atoms with van der Waals surface area (Å²) in [6.07, 6.45) is 0. The molecule has 0 aliphatic carbocycles. The number of carbonyl (C=O) groups excluding carboxylic acids is 1. The lowest BCUT2D eigenvalue weighted by Gasteiger charge is -2.11. The Hall–Kier alpha value is -2.06. The van der Waals surface area contributed by atoms with Crippen LogP contribution in [0.25, 0.3) is 0 Å². The summed E-state index contributed by atoms with van der Waals surface area (Å²) in [7, 11) is 1.34. The van der Waals surface area contributed by atoms with Gasteiger partial charge in [-0.15, -0.1) is 10.2 Å². The molecule has 0 radical (unpaired) electrons. The SMILES string of the molecule is COc1ccc(C(=O)Nc2nnc(C(C)(C)O)s2)cc1F. The van der Waals surface area contributed by atoms with Gasteiger partial charge >= 0.3 is 0 Å². The minimum atomic E-state index is -1.13. The first-order valence-corrected chi connectivity index (χ1v) is 6.84. The zero-order valence-electron chi connectivity index (χ0n) is 11.7. The van der Waals surface area contributed by atoms with E-state index in [1.54, 1.807) is 13.8 Å². The maximum Gasteiger partial charge on any atom is 0.257 e. The minimum absolute atomic E-state index is 0.0618. The van der Waals surface area contributed by atoms with Gasteiger partial charge in [-0.05, 0) is 32.0 Å². The molecule has 0 saturated carbocycles. The summed E-state index contributed by atoms with van der Waals surface area (Å²) in [5.74, 6) is -1.08. The molecule has 0 aliphatic rings. The first-order chi connectivity index (χ1) is 9.81. The molecule has 0 fully saturated rings. The monoisotopic (exact) mass is 311 g/mol. The Balaban J connectivity index is 2.14. The molecule has 1 heterocycles. The fourth-order valence-electron chi connectivity index (χ4n) is 1.50.